The number of ether oxygens (including phenoxy) is 1. The lowest BCUT2D eigenvalue weighted by Gasteiger charge is -2.35. The summed E-state index contributed by atoms with van der Waals surface area (Å²) >= 11 is 0. The number of amides is 1. The number of carbonyl (C=O) groups is 1. The Kier molecular flexibility index (Phi) is 7.44. The summed E-state index contributed by atoms with van der Waals surface area (Å²) in [4.78, 5) is 17.3. The molecule has 0 atom stereocenters. The molecule has 2 aliphatic heterocycles. The van der Waals surface area contributed by atoms with Crippen LogP contribution in [0.3, 0.4) is 0 Å². The SMILES string of the molecule is CN1CCN(c2ccc(S(=O)(=O)N3CCOCC3)cc2NC(=O)C=Cc2ccccc2)CC1. The molecule has 1 N–H and O–H groups in total. The largest absolute Gasteiger partial charge is 0.379 e. The summed E-state index contributed by atoms with van der Waals surface area (Å²) in [5, 5.41) is 2.92. The van der Waals surface area contributed by atoms with Crippen LogP contribution in [0.5, 0.6) is 0 Å². The number of anilines is 2. The Morgan fingerprint density at radius 3 is 2.36 bits per heavy atom. The quantitative estimate of drug-likeness (QED) is 0.652. The fraction of sp³-hybridized carbons (Fsp3) is 0.375. The molecule has 4 rings (SSSR count). The van der Waals surface area contributed by atoms with E-state index in [1.54, 1.807) is 24.3 Å². The van der Waals surface area contributed by atoms with Crippen LogP contribution in [0.25, 0.3) is 6.08 Å². The fourth-order valence-corrected chi connectivity index (χ4v) is 5.38. The van der Waals surface area contributed by atoms with Gasteiger partial charge in [0.25, 0.3) is 0 Å². The van der Waals surface area contributed by atoms with Crippen molar-refractivity contribution in [2.75, 3.05) is 69.7 Å². The lowest BCUT2D eigenvalue weighted by molar-refractivity contribution is -0.111. The molecule has 1 amide bonds. The van der Waals surface area contributed by atoms with E-state index in [1.807, 2.05) is 30.3 Å². The molecule has 0 radical (unpaired) electrons. The molecule has 2 saturated heterocycles. The molecule has 2 aromatic rings. The van der Waals surface area contributed by atoms with Gasteiger partial charge in [0.15, 0.2) is 0 Å². The summed E-state index contributed by atoms with van der Waals surface area (Å²) in [5.74, 6) is -0.310. The number of hydrogen-bond donors (Lipinski definition) is 1. The van der Waals surface area contributed by atoms with Crippen LogP contribution in [0, 0.1) is 0 Å². The Hall–Kier alpha value is -2.72. The zero-order valence-electron chi connectivity index (χ0n) is 18.8. The van der Waals surface area contributed by atoms with Crippen molar-refractivity contribution in [1.82, 2.24) is 9.21 Å². The Morgan fingerprint density at radius 2 is 1.67 bits per heavy atom. The van der Waals surface area contributed by atoms with Crippen molar-refractivity contribution in [1.29, 1.82) is 0 Å². The van der Waals surface area contributed by atoms with Crippen molar-refractivity contribution < 1.29 is 17.9 Å². The number of benzene rings is 2. The molecular formula is C24H30N4O4S. The van der Waals surface area contributed by atoms with E-state index in [4.69, 9.17) is 4.74 Å². The molecule has 33 heavy (non-hydrogen) atoms. The van der Waals surface area contributed by atoms with Crippen molar-refractivity contribution >= 4 is 33.4 Å². The molecule has 0 bridgehead atoms. The van der Waals surface area contributed by atoms with Crippen LogP contribution in [0.15, 0.2) is 59.5 Å². The highest BCUT2D eigenvalue weighted by molar-refractivity contribution is 7.89. The minimum atomic E-state index is -3.67. The highest BCUT2D eigenvalue weighted by atomic mass is 32.2. The zero-order valence-corrected chi connectivity index (χ0v) is 19.6. The van der Waals surface area contributed by atoms with Gasteiger partial charge in [0.05, 0.1) is 29.5 Å². The number of sulfonamides is 1. The van der Waals surface area contributed by atoms with E-state index < -0.39 is 10.0 Å². The normalized spacial score (nSPS) is 18.5. The van der Waals surface area contributed by atoms with Crippen molar-refractivity contribution in [3.8, 4) is 0 Å². The summed E-state index contributed by atoms with van der Waals surface area (Å²) < 4.78 is 33.1. The van der Waals surface area contributed by atoms with Crippen LogP contribution in [-0.2, 0) is 19.6 Å². The number of nitrogens with one attached hydrogen (secondary N) is 1. The Labute approximate surface area is 195 Å². The van der Waals surface area contributed by atoms with Crippen molar-refractivity contribution in [3.05, 3.63) is 60.2 Å². The topological polar surface area (TPSA) is 82.2 Å². The van der Waals surface area contributed by atoms with Crippen LogP contribution in [0.1, 0.15) is 5.56 Å². The monoisotopic (exact) mass is 470 g/mol. The number of nitrogens with zero attached hydrogens (tertiary/aromatic N) is 3. The maximum Gasteiger partial charge on any atom is 0.248 e. The lowest BCUT2D eigenvalue weighted by Crippen LogP contribution is -2.44. The van der Waals surface area contributed by atoms with Crippen molar-refractivity contribution in [3.63, 3.8) is 0 Å². The first-order chi connectivity index (χ1) is 15.9. The molecule has 0 spiro atoms. The summed E-state index contributed by atoms with van der Waals surface area (Å²) in [6.45, 7) is 4.81. The van der Waals surface area contributed by atoms with Gasteiger partial charge in [-0.2, -0.15) is 4.31 Å². The average molecular weight is 471 g/mol. The van der Waals surface area contributed by atoms with Gasteiger partial charge < -0.3 is 19.9 Å². The van der Waals surface area contributed by atoms with Crippen LogP contribution in [0.2, 0.25) is 0 Å². The standard InChI is InChI=1S/C24H30N4O4S/c1-26-11-13-27(14-12-26)23-9-8-21(33(30,31)28-15-17-32-18-16-28)19-22(23)25-24(29)10-7-20-5-3-2-4-6-20/h2-10,19H,11-18H2,1H3,(H,25,29). The molecule has 0 aliphatic carbocycles. The number of likely N-dealkylation sites (N-methyl/N-ethyl adjacent to an activating group) is 1. The van der Waals surface area contributed by atoms with Gasteiger partial charge in [-0.25, -0.2) is 8.42 Å². The Balaban J connectivity index is 1.61. The van der Waals surface area contributed by atoms with E-state index in [2.05, 4.69) is 22.2 Å². The van der Waals surface area contributed by atoms with Crippen LogP contribution in [0.4, 0.5) is 11.4 Å². The van der Waals surface area contributed by atoms with Gasteiger partial charge in [0.1, 0.15) is 0 Å². The Morgan fingerprint density at radius 1 is 0.970 bits per heavy atom. The summed E-state index contributed by atoms with van der Waals surface area (Å²) in [6.07, 6.45) is 3.20. The van der Waals surface area contributed by atoms with Crippen molar-refractivity contribution in [2.45, 2.75) is 4.90 Å². The third-order valence-electron chi connectivity index (χ3n) is 5.90. The molecule has 0 unspecified atom stereocenters. The molecule has 8 nitrogen and oxygen atoms in total. The van der Waals surface area contributed by atoms with Crippen LogP contribution >= 0.6 is 0 Å². The predicted molar refractivity (Wildman–Crippen MR) is 130 cm³/mol. The van der Waals surface area contributed by atoms with Gasteiger partial charge in [-0.05, 0) is 36.9 Å². The maximum atomic E-state index is 13.2. The highest BCUT2D eigenvalue weighted by Gasteiger charge is 2.28. The number of rotatable bonds is 6. The van der Waals surface area contributed by atoms with Crippen molar-refractivity contribution in [2.24, 2.45) is 0 Å². The first-order valence-corrected chi connectivity index (χ1v) is 12.6. The maximum absolute atomic E-state index is 13.2. The number of hydrogen-bond acceptors (Lipinski definition) is 6. The van der Waals surface area contributed by atoms with E-state index in [-0.39, 0.29) is 10.8 Å². The van der Waals surface area contributed by atoms with Gasteiger partial charge in [0, 0.05) is 45.3 Å². The summed E-state index contributed by atoms with van der Waals surface area (Å²) in [7, 11) is -1.60. The number of carbonyl (C=O) groups excluding carboxylic acids is 1. The van der Waals surface area contributed by atoms with Gasteiger partial charge in [-0.3, -0.25) is 4.79 Å². The van der Waals surface area contributed by atoms with E-state index in [0.717, 1.165) is 37.4 Å². The second-order valence-electron chi connectivity index (χ2n) is 8.22. The highest BCUT2D eigenvalue weighted by Crippen LogP contribution is 2.31. The van der Waals surface area contributed by atoms with E-state index >= 15 is 0 Å². The zero-order chi connectivity index (χ0) is 23.3. The molecule has 2 aromatic carbocycles. The van der Waals surface area contributed by atoms with Gasteiger partial charge >= 0.3 is 0 Å². The molecule has 176 valence electrons. The Bertz CT molecular complexity index is 1090. The second-order valence-corrected chi connectivity index (χ2v) is 10.2. The van der Waals surface area contributed by atoms with Gasteiger partial charge in [-0.15, -0.1) is 0 Å². The molecule has 9 heteroatoms. The van der Waals surface area contributed by atoms with E-state index in [1.165, 1.54) is 10.4 Å². The van der Waals surface area contributed by atoms with Crippen LogP contribution in [-0.4, -0.2) is 83.1 Å². The minimum absolute atomic E-state index is 0.171. The second kappa shape index (κ2) is 10.5. The first-order valence-electron chi connectivity index (χ1n) is 11.1. The molecule has 2 fully saturated rings. The fourth-order valence-electron chi connectivity index (χ4n) is 3.95. The smallest absolute Gasteiger partial charge is 0.248 e. The summed E-state index contributed by atoms with van der Waals surface area (Å²) in [6, 6.07) is 14.6. The van der Waals surface area contributed by atoms with Gasteiger partial charge in [0.2, 0.25) is 15.9 Å². The van der Waals surface area contributed by atoms with E-state index in [9.17, 15) is 13.2 Å². The molecular weight excluding hydrogens is 440 g/mol. The number of morpholine rings is 1. The molecule has 0 aromatic heterocycles. The van der Waals surface area contributed by atoms with E-state index in [0.29, 0.717) is 32.0 Å². The average Bonchev–Trinajstić information content (AvgIpc) is 2.84. The summed E-state index contributed by atoms with van der Waals surface area (Å²) in [5.41, 5.74) is 2.23. The molecule has 0 saturated carbocycles. The first kappa shape index (κ1) is 23.4. The third kappa shape index (κ3) is 5.80. The van der Waals surface area contributed by atoms with Crippen LogP contribution < -0.4 is 10.2 Å². The minimum Gasteiger partial charge on any atom is -0.379 e. The molecule has 2 aliphatic rings. The predicted octanol–water partition coefficient (Wildman–Crippen LogP) is 2.11. The molecule has 2 heterocycles. The lowest BCUT2D eigenvalue weighted by atomic mass is 10.2. The van der Waals surface area contributed by atoms with Gasteiger partial charge in [-0.1, -0.05) is 30.3 Å². The third-order valence-corrected chi connectivity index (χ3v) is 7.80. The number of piperazine rings is 1.